The molecule has 1 unspecified atom stereocenters. The van der Waals surface area contributed by atoms with E-state index in [1.54, 1.807) is 18.2 Å². The third-order valence-corrected chi connectivity index (χ3v) is 6.04. The fraction of sp³-hybridized carbons (Fsp3) is 0.0769. The zero-order valence-electron chi connectivity index (χ0n) is 17.3. The molecule has 4 aromatic rings. The molecule has 0 aliphatic carbocycles. The molecule has 0 aromatic heterocycles. The van der Waals surface area contributed by atoms with Gasteiger partial charge in [0, 0.05) is 16.3 Å². The number of carbonyl (C=O) groups excluding carboxylic acids is 2. The van der Waals surface area contributed by atoms with Crippen molar-refractivity contribution in [1.29, 1.82) is 0 Å². The summed E-state index contributed by atoms with van der Waals surface area (Å²) in [6.07, 6.45) is 0. The van der Waals surface area contributed by atoms with Crippen LogP contribution in [0.4, 0.5) is 15.8 Å². The highest BCUT2D eigenvalue weighted by Crippen LogP contribution is 2.26. The minimum absolute atomic E-state index is 0.00932. The number of hydrogen-bond acceptors (Lipinski definition) is 3. The molecule has 0 heterocycles. The van der Waals surface area contributed by atoms with Crippen LogP contribution in [0.15, 0.2) is 95.9 Å². The van der Waals surface area contributed by atoms with Crippen molar-refractivity contribution in [2.75, 3.05) is 10.6 Å². The first-order valence-corrected chi connectivity index (χ1v) is 11.0. The molecule has 6 heteroatoms. The van der Waals surface area contributed by atoms with E-state index in [9.17, 15) is 14.0 Å². The number of rotatable bonds is 6. The second-order valence-electron chi connectivity index (χ2n) is 7.27. The number of hydrogen-bond donors (Lipinski definition) is 2. The quantitative estimate of drug-likeness (QED) is 0.341. The largest absolute Gasteiger partial charge is 0.325 e. The maximum absolute atomic E-state index is 13.8. The lowest BCUT2D eigenvalue weighted by molar-refractivity contribution is -0.115. The monoisotopic (exact) mass is 444 g/mol. The van der Waals surface area contributed by atoms with Gasteiger partial charge in [0.1, 0.15) is 5.82 Å². The molecule has 0 saturated carbocycles. The smallest absolute Gasteiger partial charge is 0.258 e. The van der Waals surface area contributed by atoms with Crippen LogP contribution in [0.25, 0.3) is 10.8 Å². The van der Waals surface area contributed by atoms with Crippen LogP contribution in [0, 0.1) is 5.82 Å². The number of amides is 2. The Morgan fingerprint density at radius 2 is 1.44 bits per heavy atom. The number of nitrogens with one attached hydrogen (secondary N) is 2. The number of carbonyl (C=O) groups is 2. The van der Waals surface area contributed by atoms with Gasteiger partial charge in [-0.3, -0.25) is 9.59 Å². The molecule has 4 rings (SSSR count). The highest BCUT2D eigenvalue weighted by atomic mass is 32.2. The number of benzene rings is 4. The Morgan fingerprint density at radius 1 is 0.781 bits per heavy atom. The average Bonchev–Trinajstić information content (AvgIpc) is 2.80. The first-order chi connectivity index (χ1) is 15.5. The maximum Gasteiger partial charge on any atom is 0.258 e. The Bertz CT molecular complexity index is 1270. The SMILES string of the molecule is CC(Sc1ccc(NC(=O)c2ccccc2F)cc1)C(=O)Nc1ccc2ccccc2c1. The van der Waals surface area contributed by atoms with Crippen molar-refractivity contribution in [2.45, 2.75) is 17.1 Å². The fourth-order valence-corrected chi connectivity index (χ4v) is 4.10. The van der Waals surface area contributed by atoms with Gasteiger partial charge >= 0.3 is 0 Å². The zero-order chi connectivity index (χ0) is 22.5. The van der Waals surface area contributed by atoms with Gasteiger partial charge in [0.05, 0.1) is 10.8 Å². The lowest BCUT2D eigenvalue weighted by Crippen LogP contribution is -2.22. The summed E-state index contributed by atoms with van der Waals surface area (Å²) in [6, 6.07) is 26.8. The van der Waals surface area contributed by atoms with E-state index in [-0.39, 0.29) is 16.7 Å². The van der Waals surface area contributed by atoms with Crippen molar-refractivity contribution in [3.63, 3.8) is 0 Å². The van der Waals surface area contributed by atoms with E-state index < -0.39 is 11.7 Å². The van der Waals surface area contributed by atoms with Crippen LogP contribution in [-0.4, -0.2) is 17.1 Å². The number of thioether (sulfide) groups is 1. The van der Waals surface area contributed by atoms with Crippen molar-refractivity contribution < 1.29 is 14.0 Å². The lowest BCUT2D eigenvalue weighted by atomic mass is 10.1. The van der Waals surface area contributed by atoms with Gasteiger partial charge in [-0.15, -0.1) is 11.8 Å². The molecular weight excluding hydrogens is 423 g/mol. The van der Waals surface area contributed by atoms with Gasteiger partial charge in [-0.2, -0.15) is 0 Å². The standard InChI is InChI=1S/C26H21FN2O2S/c1-17(25(30)29-21-11-10-18-6-2-3-7-19(18)16-21)32-22-14-12-20(13-15-22)28-26(31)23-8-4-5-9-24(23)27/h2-17H,1H3,(H,28,31)(H,29,30). The van der Waals surface area contributed by atoms with Crippen molar-refractivity contribution in [1.82, 2.24) is 0 Å². The number of fused-ring (bicyclic) bond motifs is 1. The molecule has 0 radical (unpaired) electrons. The van der Waals surface area contributed by atoms with Crippen LogP contribution in [0.5, 0.6) is 0 Å². The Balaban J connectivity index is 1.35. The molecule has 0 fully saturated rings. The van der Waals surface area contributed by atoms with E-state index in [0.29, 0.717) is 5.69 Å². The van der Waals surface area contributed by atoms with Gasteiger partial charge < -0.3 is 10.6 Å². The molecule has 0 saturated heterocycles. The van der Waals surface area contributed by atoms with E-state index in [1.165, 1.54) is 30.0 Å². The van der Waals surface area contributed by atoms with Gasteiger partial charge in [0.25, 0.3) is 5.91 Å². The molecular formula is C26H21FN2O2S. The van der Waals surface area contributed by atoms with E-state index in [0.717, 1.165) is 21.4 Å². The second-order valence-corrected chi connectivity index (χ2v) is 8.68. The first-order valence-electron chi connectivity index (χ1n) is 10.1. The summed E-state index contributed by atoms with van der Waals surface area (Å²) in [7, 11) is 0. The van der Waals surface area contributed by atoms with Crippen LogP contribution in [0.3, 0.4) is 0 Å². The van der Waals surface area contributed by atoms with Crippen LogP contribution in [0.1, 0.15) is 17.3 Å². The minimum atomic E-state index is -0.566. The molecule has 4 nitrogen and oxygen atoms in total. The maximum atomic E-state index is 13.8. The third kappa shape index (κ3) is 5.15. The summed E-state index contributed by atoms with van der Waals surface area (Å²) >= 11 is 1.42. The van der Waals surface area contributed by atoms with Crippen LogP contribution >= 0.6 is 11.8 Å². The normalized spacial score (nSPS) is 11.7. The molecule has 32 heavy (non-hydrogen) atoms. The topological polar surface area (TPSA) is 58.2 Å². The van der Waals surface area contributed by atoms with Gasteiger partial charge in [0.2, 0.25) is 5.91 Å². The molecule has 0 spiro atoms. The second kappa shape index (κ2) is 9.66. The van der Waals surface area contributed by atoms with Crippen LogP contribution < -0.4 is 10.6 Å². The van der Waals surface area contributed by atoms with Crippen molar-refractivity contribution in [2.24, 2.45) is 0 Å². The Hall–Kier alpha value is -3.64. The highest BCUT2D eigenvalue weighted by Gasteiger charge is 2.15. The molecule has 2 amide bonds. The van der Waals surface area contributed by atoms with Crippen molar-refractivity contribution >= 4 is 45.7 Å². The summed E-state index contributed by atoms with van der Waals surface area (Å²) in [6.45, 7) is 1.84. The third-order valence-electron chi connectivity index (χ3n) is 4.93. The highest BCUT2D eigenvalue weighted by molar-refractivity contribution is 8.00. The van der Waals surface area contributed by atoms with E-state index >= 15 is 0 Å². The van der Waals surface area contributed by atoms with E-state index in [4.69, 9.17) is 0 Å². The molecule has 0 aliphatic heterocycles. The summed E-state index contributed by atoms with van der Waals surface area (Å²) < 4.78 is 13.8. The summed E-state index contributed by atoms with van der Waals surface area (Å²) in [4.78, 5) is 25.7. The predicted molar refractivity (Wildman–Crippen MR) is 129 cm³/mol. The predicted octanol–water partition coefficient (Wildman–Crippen LogP) is 6.35. The lowest BCUT2D eigenvalue weighted by Gasteiger charge is -2.13. The summed E-state index contributed by atoms with van der Waals surface area (Å²) in [5.41, 5.74) is 1.30. The molecule has 0 aliphatic rings. The summed E-state index contributed by atoms with van der Waals surface area (Å²) in [5.74, 6) is -1.17. The van der Waals surface area contributed by atoms with Crippen LogP contribution in [-0.2, 0) is 4.79 Å². The Labute approximate surface area is 189 Å². The molecule has 4 aromatic carbocycles. The number of anilines is 2. The summed E-state index contributed by atoms with van der Waals surface area (Å²) in [5, 5.41) is 7.51. The van der Waals surface area contributed by atoms with Crippen LogP contribution in [0.2, 0.25) is 0 Å². The van der Waals surface area contributed by atoms with Gasteiger partial charge in [-0.1, -0.05) is 42.5 Å². The first kappa shape index (κ1) is 21.6. The number of halogens is 1. The van der Waals surface area contributed by atoms with E-state index in [1.807, 2.05) is 61.5 Å². The van der Waals surface area contributed by atoms with Crippen molar-refractivity contribution in [3.8, 4) is 0 Å². The Morgan fingerprint density at radius 3 is 2.19 bits per heavy atom. The molecule has 1 atom stereocenters. The Kier molecular flexibility index (Phi) is 6.52. The fourth-order valence-electron chi connectivity index (χ4n) is 3.23. The van der Waals surface area contributed by atoms with Crippen molar-refractivity contribution in [3.05, 3.63) is 102 Å². The van der Waals surface area contributed by atoms with E-state index in [2.05, 4.69) is 10.6 Å². The van der Waals surface area contributed by atoms with Gasteiger partial charge in [-0.05, 0) is 66.2 Å². The van der Waals surface area contributed by atoms with Gasteiger partial charge in [-0.25, -0.2) is 4.39 Å². The average molecular weight is 445 g/mol. The van der Waals surface area contributed by atoms with Gasteiger partial charge in [0.15, 0.2) is 0 Å². The molecule has 0 bridgehead atoms. The molecule has 160 valence electrons. The minimum Gasteiger partial charge on any atom is -0.325 e. The zero-order valence-corrected chi connectivity index (χ0v) is 18.2. The molecule has 2 N–H and O–H groups in total.